The van der Waals surface area contributed by atoms with Crippen molar-refractivity contribution in [3.63, 3.8) is 0 Å². The first-order chi connectivity index (χ1) is 11.2. The van der Waals surface area contributed by atoms with E-state index in [-0.39, 0.29) is 0 Å². The van der Waals surface area contributed by atoms with E-state index >= 15 is 0 Å². The fraction of sp³-hybridized carbons (Fsp3) is 0.158. The van der Waals surface area contributed by atoms with Gasteiger partial charge in [-0.05, 0) is 42.7 Å². The number of aryl methyl sites for hydroxylation is 2. The summed E-state index contributed by atoms with van der Waals surface area (Å²) in [5.74, 6) is 6.19. The average Bonchev–Trinajstić information content (AvgIpc) is 3.01. The SMILES string of the molecule is Cc1cccc(Cl)c1-c1cc(CCC#Cc2ccccn2)[nH]n1. The van der Waals surface area contributed by atoms with Crippen LogP contribution in [0.3, 0.4) is 0 Å². The molecule has 0 radical (unpaired) electrons. The molecule has 0 spiro atoms. The molecule has 3 nitrogen and oxygen atoms in total. The van der Waals surface area contributed by atoms with Gasteiger partial charge in [-0.1, -0.05) is 35.7 Å². The van der Waals surface area contributed by atoms with E-state index in [1.807, 2.05) is 49.4 Å². The lowest BCUT2D eigenvalue weighted by molar-refractivity contribution is 0.929. The van der Waals surface area contributed by atoms with Crippen molar-refractivity contribution in [3.8, 4) is 23.1 Å². The van der Waals surface area contributed by atoms with E-state index < -0.39 is 0 Å². The predicted octanol–water partition coefficient (Wildman–Crippen LogP) is 4.42. The zero-order valence-electron chi connectivity index (χ0n) is 12.8. The number of H-pyrrole nitrogens is 1. The van der Waals surface area contributed by atoms with Gasteiger partial charge in [0.1, 0.15) is 5.69 Å². The van der Waals surface area contributed by atoms with Crippen molar-refractivity contribution in [1.82, 2.24) is 15.2 Å². The molecule has 3 aromatic rings. The van der Waals surface area contributed by atoms with E-state index in [9.17, 15) is 0 Å². The Bertz CT molecular complexity index is 837. The van der Waals surface area contributed by atoms with Gasteiger partial charge in [0.25, 0.3) is 0 Å². The maximum absolute atomic E-state index is 6.28. The molecule has 0 unspecified atom stereocenters. The van der Waals surface area contributed by atoms with Crippen LogP contribution in [0.25, 0.3) is 11.3 Å². The molecule has 23 heavy (non-hydrogen) atoms. The van der Waals surface area contributed by atoms with Crippen LogP contribution in [-0.2, 0) is 6.42 Å². The molecule has 0 saturated heterocycles. The molecule has 3 rings (SSSR count). The highest BCUT2D eigenvalue weighted by Gasteiger charge is 2.10. The van der Waals surface area contributed by atoms with Crippen LogP contribution in [0.5, 0.6) is 0 Å². The van der Waals surface area contributed by atoms with Gasteiger partial charge in [-0.2, -0.15) is 5.10 Å². The van der Waals surface area contributed by atoms with E-state index in [0.29, 0.717) is 0 Å². The van der Waals surface area contributed by atoms with E-state index in [1.54, 1.807) is 6.20 Å². The Morgan fingerprint density at radius 1 is 1.17 bits per heavy atom. The summed E-state index contributed by atoms with van der Waals surface area (Å²) in [5, 5.41) is 8.16. The van der Waals surface area contributed by atoms with E-state index in [4.69, 9.17) is 11.6 Å². The van der Waals surface area contributed by atoms with Crippen LogP contribution in [0.1, 0.15) is 23.4 Å². The second kappa shape index (κ2) is 7.13. The van der Waals surface area contributed by atoms with Crippen LogP contribution in [-0.4, -0.2) is 15.2 Å². The number of nitrogens with zero attached hydrogens (tertiary/aromatic N) is 2. The smallest absolute Gasteiger partial charge is 0.113 e. The number of hydrogen-bond acceptors (Lipinski definition) is 2. The van der Waals surface area contributed by atoms with Gasteiger partial charge in [0.15, 0.2) is 0 Å². The monoisotopic (exact) mass is 321 g/mol. The lowest BCUT2D eigenvalue weighted by Gasteiger charge is -2.03. The Hall–Kier alpha value is -2.57. The minimum atomic E-state index is 0.720. The van der Waals surface area contributed by atoms with Crippen molar-refractivity contribution in [1.29, 1.82) is 0 Å². The van der Waals surface area contributed by atoms with Crippen molar-refractivity contribution in [2.24, 2.45) is 0 Å². The van der Waals surface area contributed by atoms with Crippen LogP contribution in [0.2, 0.25) is 5.02 Å². The molecule has 0 amide bonds. The maximum atomic E-state index is 6.28. The van der Waals surface area contributed by atoms with Crippen molar-refractivity contribution < 1.29 is 0 Å². The summed E-state index contributed by atoms with van der Waals surface area (Å²) in [7, 11) is 0. The molecule has 0 aliphatic heterocycles. The predicted molar refractivity (Wildman–Crippen MR) is 93.2 cm³/mol. The molecule has 114 valence electrons. The fourth-order valence-electron chi connectivity index (χ4n) is 2.36. The number of nitrogens with one attached hydrogen (secondary N) is 1. The topological polar surface area (TPSA) is 41.6 Å². The van der Waals surface area contributed by atoms with E-state index in [0.717, 1.165) is 46.1 Å². The van der Waals surface area contributed by atoms with Crippen molar-refractivity contribution in [2.45, 2.75) is 19.8 Å². The highest BCUT2D eigenvalue weighted by atomic mass is 35.5. The zero-order valence-corrected chi connectivity index (χ0v) is 13.6. The summed E-state index contributed by atoms with van der Waals surface area (Å²) >= 11 is 6.28. The van der Waals surface area contributed by atoms with Crippen molar-refractivity contribution in [3.05, 3.63) is 70.6 Å². The molecule has 0 aliphatic carbocycles. The van der Waals surface area contributed by atoms with Crippen LogP contribution < -0.4 is 0 Å². The highest BCUT2D eigenvalue weighted by Crippen LogP contribution is 2.29. The van der Waals surface area contributed by atoms with E-state index in [1.165, 1.54) is 0 Å². The summed E-state index contributed by atoms with van der Waals surface area (Å²) in [6, 6.07) is 13.6. The lowest BCUT2D eigenvalue weighted by atomic mass is 10.1. The number of hydrogen-bond donors (Lipinski definition) is 1. The van der Waals surface area contributed by atoms with Gasteiger partial charge in [0, 0.05) is 30.3 Å². The standard InChI is InChI=1S/C19H16ClN3/c1-14-7-6-11-17(20)19(14)18-13-16(22-23-18)10-3-2-8-15-9-4-5-12-21-15/h4-7,9,11-13H,3,10H2,1H3,(H,22,23). The Morgan fingerprint density at radius 2 is 2.09 bits per heavy atom. The molecule has 1 aromatic carbocycles. The summed E-state index contributed by atoms with van der Waals surface area (Å²) in [6.07, 6.45) is 3.31. The highest BCUT2D eigenvalue weighted by molar-refractivity contribution is 6.33. The Balaban J connectivity index is 1.68. The van der Waals surface area contributed by atoms with Gasteiger partial charge in [0.05, 0.1) is 10.7 Å². The molecule has 4 heteroatoms. The normalized spacial score (nSPS) is 10.2. The van der Waals surface area contributed by atoms with Crippen molar-refractivity contribution in [2.75, 3.05) is 0 Å². The molecule has 2 heterocycles. The maximum Gasteiger partial charge on any atom is 0.113 e. The molecule has 0 atom stereocenters. The summed E-state index contributed by atoms with van der Waals surface area (Å²) in [5.41, 5.74) is 4.82. The summed E-state index contributed by atoms with van der Waals surface area (Å²) in [6.45, 7) is 2.04. The number of benzene rings is 1. The number of rotatable bonds is 3. The Morgan fingerprint density at radius 3 is 2.87 bits per heavy atom. The summed E-state index contributed by atoms with van der Waals surface area (Å²) < 4.78 is 0. The molecule has 0 fully saturated rings. The minimum absolute atomic E-state index is 0.720. The quantitative estimate of drug-likeness (QED) is 0.726. The largest absolute Gasteiger partial charge is 0.282 e. The minimum Gasteiger partial charge on any atom is -0.282 e. The Kier molecular flexibility index (Phi) is 4.75. The van der Waals surface area contributed by atoms with Crippen LogP contribution in [0.4, 0.5) is 0 Å². The van der Waals surface area contributed by atoms with E-state index in [2.05, 4.69) is 27.0 Å². The van der Waals surface area contributed by atoms with Crippen LogP contribution in [0.15, 0.2) is 48.7 Å². The third-order valence-corrected chi connectivity index (χ3v) is 3.82. The number of pyridine rings is 1. The first-order valence-corrected chi connectivity index (χ1v) is 7.81. The third kappa shape index (κ3) is 3.80. The van der Waals surface area contributed by atoms with Gasteiger partial charge in [-0.15, -0.1) is 0 Å². The Labute approximate surface area is 140 Å². The molecule has 0 aliphatic rings. The van der Waals surface area contributed by atoms with Gasteiger partial charge in [-0.25, -0.2) is 4.98 Å². The average molecular weight is 322 g/mol. The molecule has 1 N–H and O–H groups in total. The first-order valence-electron chi connectivity index (χ1n) is 7.44. The van der Waals surface area contributed by atoms with Crippen LogP contribution in [0, 0.1) is 18.8 Å². The number of halogens is 1. The second-order valence-electron chi connectivity index (χ2n) is 5.23. The lowest BCUT2D eigenvalue weighted by Crippen LogP contribution is -1.84. The fourth-order valence-corrected chi connectivity index (χ4v) is 2.68. The molecule has 2 aromatic heterocycles. The molecular weight excluding hydrogens is 306 g/mol. The number of aromatic nitrogens is 3. The zero-order chi connectivity index (χ0) is 16.1. The van der Waals surface area contributed by atoms with Crippen molar-refractivity contribution >= 4 is 11.6 Å². The van der Waals surface area contributed by atoms with Gasteiger partial charge >= 0.3 is 0 Å². The van der Waals surface area contributed by atoms with Gasteiger partial charge in [-0.3, -0.25) is 5.10 Å². The molecule has 0 bridgehead atoms. The van der Waals surface area contributed by atoms with Gasteiger partial charge in [0.2, 0.25) is 0 Å². The number of aromatic amines is 1. The van der Waals surface area contributed by atoms with Gasteiger partial charge < -0.3 is 0 Å². The molecular formula is C19H16ClN3. The molecule has 0 saturated carbocycles. The summed E-state index contributed by atoms with van der Waals surface area (Å²) in [4.78, 5) is 4.18. The first kappa shape index (κ1) is 15.3. The second-order valence-corrected chi connectivity index (χ2v) is 5.63. The van der Waals surface area contributed by atoms with Crippen LogP contribution >= 0.6 is 11.6 Å². The third-order valence-electron chi connectivity index (χ3n) is 3.51.